The summed E-state index contributed by atoms with van der Waals surface area (Å²) in [6.45, 7) is 4.31. The van der Waals surface area contributed by atoms with Crippen molar-refractivity contribution in [1.29, 1.82) is 0 Å². The molecule has 0 bridgehead atoms. The predicted molar refractivity (Wildman–Crippen MR) is 105 cm³/mol. The van der Waals surface area contributed by atoms with Gasteiger partial charge in [0.2, 0.25) is 0 Å². The van der Waals surface area contributed by atoms with Crippen molar-refractivity contribution in [2.75, 3.05) is 0 Å². The summed E-state index contributed by atoms with van der Waals surface area (Å²) in [5, 5.41) is 4.47. The Balaban J connectivity index is 2.11. The molecule has 0 aliphatic heterocycles. The highest BCUT2D eigenvalue weighted by molar-refractivity contribution is 6.19. The van der Waals surface area contributed by atoms with Crippen LogP contribution in [0.3, 0.4) is 0 Å². The summed E-state index contributed by atoms with van der Waals surface area (Å²) in [7, 11) is 0. The molecule has 1 aliphatic rings. The molecule has 0 saturated heterocycles. The van der Waals surface area contributed by atoms with Crippen LogP contribution in [0.15, 0.2) is 54.6 Å². The molecule has 0 aromatic heterocycles. The van der Waals surface area contributed by atoms with Gasteiger partial charge in [-0.1, -0.05) is 62.4 Å². The highest BCUT2D eigenvalue weighted by Gasteiger charge is 2.28. The normalized spacial score (nSPS) is 12.1. The summed E-state index contributed by atoms with van der Waals surface area (Å²) in [5.41, 5.74) is 7.56. The number of aryl methyl sites for hydroxylation is 2. The molecule has 0 spiro atoms. The zero-order valence-corrected chi connectivity index (χ0v) is 14.5. The highest BCUT2D eigenvalue weighted by atomic mass is 19.1. The molecule has 4 aromatic rings. The molecular weight excluding hydrogens is 307 g/mol. The van der Waals surface area contributed by atoms with Crippen molar-refractivity contribution in [3.8, 4) is 22.3 Å². The predicted octanol–water partition coefficient (Wildman–Crippen LogP) is 6.90. The van der Waals surface area contributed by atoms with Crippen LogP contribution in [0.1, 0.15) is 25.0 Å². The summed E-state index contributed by atoms with van der Waals surface area (Å²) in [4.78, 5) is 0. The molecule has 0 saturated carbocycles. The number of rotatable bonds is 2. The average Bonchev–Trinajstić information content (AvgIpc) is 2.97. The van der Waals surface area contributed by atoms with Crippen LogP contribution < -0.4 is 0 Å². The minimum atomic E-state index is -0.102. The van der Waals surface area contributed by atoms with Gasteiger partial charge in [-0.3, -0.25) is 0 Å². The van der Waals surface area contributed by atoms with E-state index in [1.807, 2.05) is 6.07 Å². The van der Waals surface area contributed by atoms with E-state index in [9.17, 15) is 4.39 Å². The van der Waals surface area contributed by atoms with Crippen LogP contribution in [0.4, 0.5) is 4.39 Å². The Morgan fingerprint density at radius 1 is 0.680 bits per heavy atom. The van der Waals surface area contributed by atoms with E-state index in [0.29, 0.717) is 0 Å². The van der Waals surface area contributed by atoms with Crippen molar-refractivity contribution >= 4 is 21.5 Å². The largest absolute Gasteiger partial charge is 0.206 e. The van der Waals surface area contributed by atoms with Gasteiger partial charge in [0, 0.05) is 5.39 Å². The zero-order chi connectivity index (χ0) is 17.1. The summed E-state index contributed by atoms with van der Waals surface area (Å²) in [6, 6.07) is 18.5. The van der Waals surface area contributed by atoms with Gasteiger partial charge in [0.25, 0.3) is 0 Å². The van der Waals surface area contributed by atoms with E-state index in [1.54, 1.807) is 6.07 Å². The van der Waals surface area contributed by atoms with Gasteiger partial charge in [0.05, 0.1) is 0 Å². The van der Waals surface area contributed by atoms with Crippen LogP contribution in [-0.4, -0.2) is 0 Å². The molecule has 0 unspecified atom stereocenters. The highest BCUT2D eigenvalue weighted by Crippen LogP contribution is 2.53. The quantitative estimate of drug-likeness (QED) is 0.331. The molecule has 25 heavy (non-hydrogen) atoms. The van der Waals surface area contributed by atoms with Gasteiger partial charge in [-0.05, 0) is 68.4 Å². The van der Waals surface area contributed by atoms with Crippen LogP contribution in [0.2, 0.25) is 0 Å². The molecule has 0 N–H and O–H groups in total. The minimum absolute atomic E-state index is 0.102. The summed E-state index contributed by atoms with van der Waals surface area (Å²) < 4.78 is 14.8. The Kier molecular flexibility index (Phi) is 3.03. The lowest BCUT2D eigenvalue weighted by Gasteiger charge is -2.18. The van der Waals surface area contributed by atoms with E-state index in [4.69, 9.17) is 0 Å². The van der Waals surface area contributed by atoms with Gasteiger partial charge in [-0.2, -0.15) is 0 Å². The fourth-order valence-electron chi connectivity index (χ4n) is 4.72. The maximum atomic E-state index is 14.8. The third-order valence-electron chi connectivity index (χ3n) is 5.64. The maximum Gasteiger partial charge on any atom is 0.131 e. The molecule has 1 heteroatoms. The average molecular weight is 326 g/mol. The molecule has 0 heterocycles. The minimum Gasteiger partial charge on any atom is -0.206 e. The van der Waals surface area contributed by atoms with Crippen molar-refractivity contribution in [3.63, 3.8) is 0 Å². The molecule has 0 fully saturated rings. The van der Waals surface area contributed by atoms with Crippen LogP contribution >= 0.6 is 0 Å². The van der Waals surface area contributed by atoms with Gasteiger partial charge in [-0.15, -0.1) is 0 Å². The SMILES string of the molecule is CCc1c2c(c(CC)c3c(F)cccc13)-c1cccc3cccc-2c13. The lowest BCUT2D eigenvalue weighted by atomic mass is 9.85. The molecule has 5 rings (SSSR count). The first-order chi connectivity index (χ1) is 12.3. The number of halogens is 1. The summed E-state index contributed by atoms with van der Waals surface area (Å²) >= 11 is 0. The van der Waals surface area contributed by atoms with E-state index in [-0.39, 0.29) is 5.82 Å². The number of benzene rings is 4. The first-order valence-electron chi connectivity index (χ1n) is 9.04. The summed E-state index contributed by atoms with van der Waals surface area (Å²) in [5.74, 6) is -0.102. The monoisotopic (exact) mass is 326 g/mol. The van der Waals surface area contributed by atoms with E-state index < -0.39 is 0 Å². The Morgan fingerprint density at radius 3 is 1.92 bits per heavy atom. The van der Waals surface area contributed by atoms with E-state index >= 15 is 0 Å². The molecule has 1 aliphatic carbocycles. The molecule has 0 amide bonds. The molecular formula is C24H19F. The van der Waals surface area contributed by atoms with E-state index in [2.05, 4.69) is 56.3 Å². The van der Waals surface area contributed by atoms with Crippen molar-refractivity contribution in [2.45, 2.75) is 26.7 Å². The van der Waals surface area contributed by atoms with Crippen molar-refractivity contribution < 1.29 is 4.39 Å². The second kappa shape index (κ2) is 5.16. The van der Waals surface area contributed by atoms with Crippen molar-refractivity contribution in [1.82, 2.24) is 0 Å². The number of hydrogen-bond donors (Lipinski definition) is 0. The maximum absolute atomic E-state index is 14.8. The smallest absolute Gasteiger partial charge is 0.131 e. The Hall–Kier alpha value is -2.67. The Labute approximate surface area is 146 Å². The molecule has 0 nitrogen and oxygen atoms in total. The Morgan fingerprint density at radius 2 is 1.28 bits per heavy atom. The van der Waals surface area contributed by atoms with Crippen molar-refractivity contribution in [3.05, 3.63) is 71.5 Å². The fraction of sp³-hybridized carbons (Fsp3) is 0.167. The topological polar surface area (TPSA) is 0 Å². The number of hydrogen-bond acceptors (Lipinski definition) is 0. The van der Waals surface area contributed by atoms with Gasteiger partial charge in [0.15, 0.2) is 0 Å². The second-order valence-electron chi connectivity index (χ2n) is 6.79. The van der Waals surface area contributed by atoms with Gasteiger partial charge in [0.1, 0.15) is 5.82 Å². The fourth-order valence-corrected chi connectivity index (χ4v) is 4.72. The molecule has 4 aromatic carbocycles. The van der Waals surface area contributed by atoms with Gasteiger partial charge < -0.3 is 0 Å². The first kappa shape index (κ1) is 14.7. The third kappa shape index (κ3) is 1.76. The van der Waals surface area contributed by atoms with Crippen LogP contribution in [0.5, 0.6) is 0 Å². The van der Waals surface area contributed by atoms with Crippen LogP contribution in [0.25, 0.3) is 43.8 Å². The summed E-state index contributed by atoms with van der Waals surface area (Å²) in [6.07, 6.45) is 1.73. The van der Waals surface area contributed by atoms with Crippen LogP contribution in [-0.2, 0) is 12.8 Å². The standard InChI is InChI=1S/C24H19F/c1-3-15-17-10-7-13-20(25)22(17)16(4-2)24-19-12-6-9-14-8-5-11-18(21(14)19)23(15)24/h5-13H,3-4H2,1-2H3. The lowest BCUT2D eigenvalue weighted by molar-refractivity contribution is 0.639. The van der Waals surface area contributed by atoms with E-state index in [1.165, 1.54) is 38.6 Å². The van der Waals surface area contributed by atoms with E-state index in [0.717, 1.165) is 29.2 Å². The number of fused-ring (bicyclic) bond motifs is 4. The molecule has 0 radical (unpaired) electrons. The van der Waals surface area contributed by atoms with Gasteiger partial charge >= 0.3 is 0 Å². The molecule has 122 valence electrons. The molecule has 0 atom stereocenters. The Bertz CT molecular complexity index is 1160. The van der Waals surface area contributed by atoms with Gasteiger partial charge in [-0.25, -0.2) is 4.39 Å². The van der Waals surface area contributed by atoms with Crippen LogP contribution in [0, 0.1) is 5.82 Å². The lowest BCUT2D eigenvalue weighted by Crippen LogP contribution is -1.98. The third-order valence-corrected chi connectivity index (χ3v) is 5.64. The van der Waals surface area contributed by atoms with Crippen molar-refractivity contribution in [2.24, 2.45) is 0 Å². The second-order valence-corrected chi connectivity index (χ2v) is 6.79. The zero-order valence-electron chi connectivity index (χ0n) is 14.5. The first-order valence-corrected chi connectivity index (χ1v) is 9.04.